The number of rotatable bonds is 2. The van der Waals surface area contributed by atoms with Crippen molar-refractivity contribution in [3.8, 4) is 11.1 Å². The minimum Gasteiger partial charge on any atom is -0.206 e. The van der Waals surface area contributed by atoms with E-state index in [2.05, 4.69) is 0 Å². The van der Waals surface area contributed by atoms with Gasteiger partial charge in [0.15, 0.2) is 23.3 Å². The van der Waals surface area contributed by atoms with Crippen LogP contribution >= 0.6 is 0 Å². The molecule has 3 rings (SSSR count). The smallest absolute Gasteiger partial charge is 0.169 e. The molecule has 1 aliphatic carbocycles. The van der Waals surface area contributed by atoms with E-state index in [-0.39, 0.29) is 29.9 Å². The van der Waals surface area contributed by atoms with Crippen molar-refractivity contribution in [1.29, 1.82) is 0 Å². The molecule has 5 heteroatoms. The normalized spacial score (nSPS) is 17.2. The number of hydrogen-bond acceptors (Lipinski definition) is 0. The maximum atomic E-state index is 14.7. The lowest BCUT2D eigenvalue weighted by Gasteiger charge is -2.26. The van der Waals surface area contributed by atoms with Crippen LogP contribution in [-0.4, -0.2) is 0 Å². The molecule has 0 N–H and O–H groups in total. The van der Waals surface area contributed by atoms with Crippen molar-refractivity contribution in [2.75, 3.05) is 0 Å². The van der Waals surface area contributed by atoms with Crippen LogP contribution in [0.2, 0.25) is 0 Å². The molecule has 0 spiro atoms. The molecule has 1 unspecified atom stereocenters. The second-order valence-corrected chi connectivity index (χ2v) is 5.89. The van der Waals surface area contributed by atoms with Crippen LogP contribution in [0.1, 0.15) is 30.9 Å². The Bertz CT molecular complexity index is 767. The molecular formula is C18H15F5. The lowest BCUT2D eigenvalue weighted by molar-refractivity contribution is 0.404. The molecule has 2 aromatic carbocycles. The van der Waals surface area contributed by atoms with E-state index in [1.807, 2.05) is 6.92 Å². The molecule has 1 aliphatic rings. The highest BCUT2D eigenvalue weighted by atomic mass is 19.2. The Labute approximate surface area is 130 Å². The van der Waals surface area contributed by atoms with E-state index < -0.39 is 40.2 Å². The first-order valence-electron chi connectivity index (χ1n) is 7.58. The lowest BCUT2D eigenvalue weighted by Crippen LogP contribution is -2.19. The molecular weight excluding hydrogens is 311 g/mol. The molecule has 0 saturated carbocycles. The summed E-state index contributed by atoms with van der Waals surface area (Å²) in [6.45, 7) is 1.94. The van der Waals surface area contributed by atoms with Gasteiger partial charge in [-0.1, -0.05) is 25.5 Å². The van der Waals surface area contributed by atoms with Crippen LogP contribution in [0.15, 0.2) is 18.2 Å². The van der Waals surface area contributed by atoms with Gasteiger partial charge in [0.05, 0.1) is 5.56 Å². The molecule has 23 heavy (non-hydrogen) atoms. The Hall–Kier alpha value is -1.91. The Morgan fingerprint density at radius 3 is 2.35 bits per heavy atom. The van der Waals surface area contributed by atoms with Gasteiger partial charge in [-0.2, -0.15) is 0 Å². The summed E-state index contributed by atoms with van der Waals surface area (Å²) >= 11 is 0. The first-order chi connectivity index (χ1) is 11.0. The minimum atomic E-state index is -1.46. The zero-order valence-electron chi connectivity index (χ0n) is 12.5. The highest BCUT2D eigenvalue weighted by molar-refractivity contribution is 5.68. The maximum Gasteiger partial charge on any atom is 0.169 e. The maximum absolute atomic E-state index is 14.7. The van der Waals surface area contributed by atoms with Gasteiger partial charge >= 0.3 is 0 Å². The molecule has 0 nitrogen and oxygen atoms in total. The van der Waals surface area contributed by atoms with Gasteiger partial charge < -0.3 is 0 Å². The van der Waals surface area contributed by atoms with Crippen LogP contribution in [-0.2, 0) is 12.8 Å². The summed E-state index contributed by atoms with van der Waals surface area (Å²) in [4.78, 5) is 0. The molecule has 0 aromatic heterocycles. The average Bonchev–Trinajstić information content (AvgIpc) is 2.56. The quantitative estimate of drug-likeness (QED) is 0.500. The van der Waals surface area contributed by atoms with Crippen LogP contribution in [0.25, 0.3) is 11.1 Å². The van der Waals surface area contributed by atoms with Gasteiger partial charge in [0.1, 0.15) is 5.82 Å². The number of fused-ring (bicyclic) bond motifs is 1. The lowest BCUT2D eigenvalue weighted by atomic mass is 9.80. The Morgan fingerprint density at radius 1 is 0.913 bits per heavy atom. The zero-order valence-corrected chi connectivity index (χ0v) is 12.5. The second-order valence-electron chi connectivity index (χ2n) is 5.89. The van der Waals surface area contributed by atoms with E-state index in [9.17, 15) is 22.0 Å². The van der Waals surface area contributed by atoms with Crippen molar-refractivity contribution in [3.63, 3.8) is 0 Å². The van der Waals surface area contributed by atoms with Crippen LogP contribution in [0, 0.1) is 35.0 Å². The first kappa shape index (κ1) is 16.0. The number of benzene rings is 2. The van der Waals surface area contributed by atoms with Crippen molar-refractivity contribution in [1.82, 2.24) is 0 Å². The fourth-order valence-corrected chi connectivity index (χ4v) is 3.25. The van der Waals surface area contributed by atoms with Gasteiger partial charge in [0, 0.05) is 5.56 Å². The van der Waals surface area contributed by atoms with Gasteiger partial charge in [-0.15, -0.1) is 0 Å². The van der Waals surface area contributed by atoms with E-state index in [0.29, 0.717) is 6.42 Å². The van der Waals surface area contributed by atoms with Gasteiger partial charge in [0.25, 0.3) is 0 Å². The zero-order chi connectivity index (χ0) is 16.7. The molecule has 122 valence electrons. The summed E-state index contributed by atoms with van der Waals surface area (Å²) in [6.07, 6.45) is 1.98. The SMILES string of the molecule is CCC1CCc2c(F)c(-c3cccc(F)c3F)c(F)c(F)c2C1. The van der Waals surface area contributed by atoms with E-state index in [0.717, 1.165) is 24.6 Å². The van der Waals surface area contributed by atoms with Crippen molar-refractivity contribution < 1.29 is 22.0 Å². The topological polar surface area (TPSA) is 0 Å². The third-order valence-electron chi connectivity index (χ3n) is 4.62. The van der Waals surface area contributed by atoms with Gasteiger partial charge in [-0.05, 0) is 42.4 Å². The molecule has 0 amide bonds. The first-order valence-corrected chi connectivity index (χ1v) is 7.58. The Morgan fingerprint density at radius 2 is 1.65 bits per heavy atom. The second kappa shape index (κ2) is 5.95. The molecule has 1 atom stereocenters. The summed E-state index contributed by atoms with van der Waals surface area (Å²) in [6, 6.07) is 3.02. The Kier molecular flexibility index (Phi) is 4.13. The predicted octanol–water partition coefficient (Wildman–Crippen LogP) is 5.56. The predicted molar refractivity (Wildman–Crippen MR) is 77.5 cm³/mol. The number of halogens is 5. The van der Waals surface area contributed by atoms with Gasteiger partial charge in [0.2, 0.25) is 0 Å². The van der Waals surface area contributed by atoms with Crippen molar-refractivity contribution >= 4 is 0 Å². The van der Waals surface area contributed by atoms with Crippen LogP contribution in [0.5, 0.6) is 0 Å². The van der Waals surface area contributed by atoms with Crippen LogP contribution < -0.4 is 0 Å². The summed E-state index contributed by atoms with van der Waals surface area (Å²) in [7, 11) is 0. The van der Waals surface area contributed by atoms with E-state index in [1.165, 1.54) is 0 Å². The summed E-state index contributed by atoms with van der Waals surface area (Å²) in [5.74, 6) is -6.04. The Balaban J connectivity index is 2.25. The molecule has 0 heterocycles. The van der Waals surface area contributed by atoms with E-state index in [1.54, 1.807) is 0 Å². The molecule has 0 fully saturated rings. The molecule has 2 aromatic rings. The van der Waals surface area contributed by atoms with Crippen LogP contribution in [0.3, 0.4) is 0 Å². The summed E-state index contributed by atoms with van der Waals surface area (Å²) in [5, 5.41) is 0. The molecule has 0 saturated heterocycles. The van der Waals surface area contributed by atoms with Crippen LogP contribution in [0.4, 0.5) is 22.0 Å². The molecule has 0 radical (unpaired) electrons. The standard InChI is InChI=1S/C18H15F5/c1-2-9-6-7-10-12(8-9)17(22)18(23)14(16(10)21)11-4-3-5-13(19)15(11)20/h3-5,9H,2,6-8H2,1H3. The number of hydrogen-bond donors (Lipinski definition) is 0. The third-order valence-corrected chi connectivity index (χ3v) is 4.62. The average molecular weight is 326 g/mol. The fraction of sp³-hybridized carbons (Fsp3) is 0.333. The third kappa shape index (κ3) is 2.52. The summed E-state index contributed by atoms with van der Waals surface area (Å²) < 4.78 is 70.7. The van der Waals surface area contributed by atoms with Crippen molar-refractivity contribution in [3.05, 3.63) is 58.4 Å². The van der Waals surface area contributed by atoms with E-state index in [4.69, 9.17) is 0 Å². The van der Waals surface area contributed by atoms with Gasteiger partial charge in [-0.3, -0.25) is 0 Å². The molecule has 0 bridgehead atoms. The van der Waals surface area contributed by atoms with Crippen molar-refractivity contribution in [2.45, 2.75) is 32.6 Å². The monoisotopic (exact) mass is 326 g/mol. The summed E-state index contributed by atoms with van der Waals surface area (Å²) in [5.41, 5.74) is -1.32. The fourth-order valence-electron chi connectivity index (χ4n) is 3.25. The largest absolute Gasteiger partial charge is 0.206 e. The molecule has 0 aliphatic heterocycles. The highest BCUT2D eigenvalue weighted by Gasteiger charge is 2.31. The minimum absolute atomic E-state index is 0.0265. The van der Waals surface area contributed by atoms with Crippen molar-refractivity contribution in [2.24, 2.45) is 5.92 Å². The van der Waals surface area contributed by atoms with Gasteiger partial charge in [-0.25, -0.2) is 22.0 Å². The van der Waals surface area contributed by atoms with E-state index >= 15 is 0 Å². The highest BCUT2D eigenvalue weighted by Crippen LogP contribution is 2.39.